The topological polar surface area (TPSA) is 126 Å². The van der Waals surface area contributed by atoms with Gasteiger partial charge in [0.25, 0.3) is 5.91 Å². The zero-order chi connectivity index (χ0) is 26.6. The van der Waals surface area contributed by atoms with Crippen LogP contribution in [0.25, 0.3) is 0 Å². The molecule has 0 aliphatic heterocycles. The second kappa shape index (κ2) is 13.9. The quantitative estimate of drug-likeness (QED) is 0.131. The number of aromatic hydroxyl groups is 1. The monoisotopic (exact) mass is 570 g/mol. The van der Waals surface area contributed by atoms with E-state index in [4.69, 9.17) is 19.4 Å². The highest BCUT2D eigenvalue weighted by molar-refractivity contribution is 9.10. The molecule has 4 N–H and O–H groups in total. The van der Waals surface area contributed by atoms with E-state index in [1.54, 1.807) is 54.6 Å². The van der Waals surface area contributed by atoms with Gasteiger partial charge in [-0.25, -0.2) is 10.3 Å². The van der Waals surface area contributed by atoms with Crippen molar-refractivity contribution in [3.05, 3.63) is 95.0 Å². The van der Waals surface area contributed by atoms with Crippen molar-refractivity contribution in [3.8, 4) is 17.2 Å². The highest BCUT2D eigenvalue weighted by atomic mass is 79.9. The summed E-state index contributed by atoms with van der Waals surface area (Å²) in [5, 5.41) is 21.8. The Morgan fingerprint density at radius 2 is 1.78 bits per heavy atom. The Labute approximate surface area is 222 Å². The lowest BCUT2D eigenvalue weighted by Gasteiger charge is -2.28. The van der Waals surface area contributed by atoms with Gasteiger partial charge < -0.3 is 19.3 Å². The molecule has 0 saturated carbocycles. The number of phenolic OH excluding ortho intramolecular Hbond substituents is 1. The van der Waals surface area contributed by atoms with E-state index in [2.05, 4.69) is 21.2 Å². The van der Waals surface area contributed by atoms with Crippen molar-refractivity contribution < 1.29 is 34.1 Å². The van der Waals surface area contributed by atoms with E-state index in [1.807, 2.05) is 18.2 Å². The van der Waals surface area contributed by atoms with Crippen molar-refractivity contribution in [3.63, 3.8) is 0 Å². The average molecular weight is 571 g/mol. The first-order chi connectivity index (χ1) is 17.9. The number of nitrogens with one attached hydrogen (secondary N) is 2. The number of para-hydroxylation sites is 1. The molecule has 0 fully saturated rings. The summed E-state index contributed by atoms with van der Waals surface area (Å²) in [6.45, 7) is 0. The predicted octanol–water partition coefficient (Wildman–Crippen LogP) is 5.74. The summed E-state index contributed by atoms with van der Waals surface area (Å²) in [6.07, 6.45) is 1.06. The van der Waals surface area contributed by atoms with E-state index in [0.29, 0.717) is 29.8 Å². The van der Waals surface area contributed by atoms with Crippen LogP contribution in [0.1, 0.15) is 24.5 Å². The van der Waals surface area contributed by atoms with Crippen molar-refractivity contribution >= 4 is 33.6 Å². The fourth-order valence-electron chi connectivity index (χ4n) is 3.47. The summed E-state index contributed by atoms with van der Waals surface area (Å²) in [5.41, 5.74) is 2.54. The van der Waals surface area contributed by atoms with Crippen LogP contribution < -0.4 is 20.3 Å². The fourth-order valence-corrected chi connectivity index (χ4v) is 3.74. The Hall–Kier alpha value is -4.02. The minimum absolute atomic E-state index is 0.125. The molecule has 0 aliphatic rings. The molecule has 3 rings (SSSR count). The van der Waals surface area contributed by atoms with Crippen LogP contribution >= 0.6 is 15.9 Å². The number of allylic oxidation sites excluding steroid dienone is 1. The minimum Gasteiger partial charge on any atom is -0.504 e. The summed E-state index contributed by atoms with van der Waals surface area (Å²) in [6, 6.07) is 20.7. The van der Waals surface area contributed by atoms with Crippen LogP contribution in [-0.4, -0.2) is 35.5 Å². The summed E-state index contributed by atoms with van der Waals surface area (Å²) in [5.74, 6) is 0.0201. The van der Waals surface area contributed by atoms with E-state index < -0.39 is 24.2 Å². The highest BCUT2D eigenvalue weighted by Crippen LogP contribution is 2.34. The van der Waals surface area contributed by atoms with Crippen LogP contribution in [0.15, 0.2) is 89.4 Å². The van der Waals surface area contributed by atoms with Crippen molar-refractivity contribution in [2.75, 3.05) is 12.4 Å². The van der Waals surface area contributed by atoms with Gasteiger partial charge in [-0.1, -0.05) is 46.3 Å². The number of amides is 2. The summed E-state index contributed by atoms with van der Waals surface area (Å²) in [7, 11) is 1.44. The molecule has 2 amide bonds. The van der Waals surface area contributed by atoms with E-state index in [1.165, 1.54) is 24.7 Å². The Morgan fingerprint density at radius 3 is 2.43 bits per heavy atom. The number of carbonyl (C=O) groups excluding carboxylic acids is 2. The Kier molecular flexibility index (Phi) is 10.4. The molecule has 2 atom stereocenters. The first kappa shape index (κ1) is 27.6. The molecule has 194 valence electrons. The molecule has 0 aliphatic carbocycles. The van der Waals surface area contributed by atoms with Gasteiger partial charge in [0.1, 0.15) is 11.9 Å². The predicted molar refractivity (Wildman–Crippen MR) is 141 cm³/mol. The second-order valence-electron chi connectivity index (χ2n) is 7.81. The zero-order valence-corrected chi connectivity index (χ0v) is 21.6. The van der Waals surface area contributed by atoms with Gasteiger partial charge in [-0.2, -0.15) is 0 Å². The number of hydrogen-bond acceptors (Lipinski definition) is 7. The molecule has 0 bridgehead atoms. The molecule has 0 unspecified atom stereocenters. The fraction of sp³-hybridized carbons (Fsp3) is 0.185. The van der Waals surface area contributed by atoms with Crippen molar-refractivity contribution in [1.29, 1.82) is 0 Å². The van der Waals surface area contributed by atoms with Crippen LogP contribution in [0.3, 0.4) is 0 Å². The molecule has 0 saturated heterocycles. The third-order valence-corrected chi connectivity index (χ3v) is 5.75. The van der Waals surface area contributed by atoms with Gasteiger partial charge in [-0.3, -0.25) is 15.3 Å². The van der Waals surface area contributed by atoms with Crippen molar-refractivity contribution in [1.82, 2.24) is 5.48 Å². The van der Waals surface area contributed by atoms with Gasteiger partial charge in [-0.05, 0) is 61.4 Å². The smallest absolute Gasteiger partial charge is 0.412 e. The first-order valence-corrected chi connectivity index (χ1v) is 12.1. The normalized spacial score (nSPS) is 12.4. The van der Waals surface area contributed by atoms with Gasteiger partial charge >= 0.3 is 6.09 Å². The van der Waals surface area contributed by atoms with Gasteiger partial charge in [-0.15, -0.1) is 0 Å². The number of carbonyl (C=O) groups is 2. The number of halogens is 1. The minimum atomic E-state index is -0.951. The SMILES string of the molecule is COc1ccc([C@@H](OC(=O)Nc2ccc(Br)cc2)[C@@H](CC/C=C/C(=O)NO)Oc2ccccc2)cc1O. The molecule has 0 heterocycles. The standard InChI is InChI=1S/C27H27BrN2O7/c1-35-23-16-11-18(17-22(23)31)26(37-27(33)29-20-14-12-19(28)13-15-20)24(9-5-6-10-25(32)30-34)36-21-7-3-2-4-8-21/h2-4,6-8,10-17,24,26,31,34H,5,9H2,1H3,(H,29,33)(H,30,32)/b10-6+/t24-,26-/m1/s1. The maximum Gasteiger partial charge on any atom is 0.412 e. The van der Waals surface area contributed by atoms with Crippen LogP contribution in [0.2, 0.25) is 0 Å². The van der Waals surface area contributed by atoms with Crippen molar-refractivity contribution in [2.45, 2.75) is 25.0 Å². The Bertz CT molecular complexity index is 1200. The summed E-state index contributed by atoms with van der Waals surface area (Å²) in [4.78, 5) is 24.3. The van der Waals surface area contributed by atoms with Crippen LogP contribution in [0.4, 0.5) is 10.5 Å². The highest BCUT2D eigenvalue weighted by Gasteiger charge is 2.30. The lowest BCUT2D eigenvalue weighted by molar-refractivity contribution is -0.124. The maximum absolute atomic E-state index is 12.9. The molecule has 9 nitrogen and oxygen atoms in total. The largest absolute Gasteiger partial charge is 0.504 e. The Balaban J connectivity index is 1.91. The number of ether oxygens (including phenoxy) is 3. The lowest BCUT2D eigenvalue weighted by Crippen LogP contribution is -2.31. The number of hydrogen-bond donors (Lipinski definition) is 4. The van der Waals surface area contributed by atoms with Gasteiger partial charge in [0, 0.05) is 21.8 Å². The average Bonchev–Trinajstić information content (AvgIpc) is 2.90. The van der Waals surface area contributed by atoms with Crippen LogP contribution in [0, 0.1) is 0 Å². The van der Waals surface area contributed by atoms with Crippen molar-refractivity contribution in [2.24, 2.45) is 0 Å². The number of anilines is 1. The molecule has 0 spiro atoms. The van der Waals surface area contributed by atoms with Crippen LogP contribution in [-0.2, 0) is 9.53 Å². The molecule has 3 aromatic carbocycles. The number of phenols is 1. The van der Waals surface area contributed by atoms with E-state index in [0.717, 1.165) is 4.47 Å². The second-order valence-corrected chi connectivity index (χ2v) is 8.73. The van der Waals surface area contributed by atoms with E-state index in [9.17, 15) is 14.7 Å². The number of hydroxylamine groups is 1. The molecule has 10 heteroatoms. The number of benzene rings is 3. The summed E-state index contributed by atoms with van der Waals surface area (Å²) >= 11 is 3.36. The third kappa shape index (κ3) is 8.55. The van der Waals surface area contributed by atoms with Crippen LogP contribution in [0.5, 0.6) is 17.2 Å². The zero-order valence-electron chi connectivity index (χ0n) is 20.0. The number of methoxy groups -OCH3 is 1. The molecular formula is C27H27BrN2O7. The Morgan fingerprint density at radius 1 is 1.05 bits per heavy atom. The molecule has 37 heavy (non-hydrogen) atoms. The lowest BCUT2D eigenvalue weighted by atomic mass is 9.99. The van der Waals surface area contributed by atoms with Gasteiger partial charge in [0.05, 0.1) is 7.11 Å². The van der Waals surface area contributed by atoms with E-state index in [-0.39, 0.29) is 11.5 Å². The first-order valence-electron chi connectivity index (χ1n) is 11.3. The molecule has 0 radical (unpaired) electrons. The molecule has 0 aromatic heterocycles. The molecular weight excluding hydrogens is 544 g/mol. The molecule has 3 aromatic rings. The third-order valence-electron chi connectivity index (χ3n) is 5.22. The van der Waals surface area contributed by atoms with E-state index >= 15 is 0 Å². The summed E-state index contributed by atoms with van der Waals surface area (Å²) < 4.78 is 18.1. The van der Waals surface area contributed by atoms with Gasteiger partial charge in [0.15, 0.2) is 17.6 Å². The maximum atomic E-state index is 12.9. The number of rotatable bonds is 11. The van der Waals surface area contributed by atoms with Gasteiger partial charge in [0.2, 0.25) is 0 Å².